The average molecular weight is 516 g/mol. The van der Waals surface area contributed by atoms with Gasteiger partial charge in [-0.2, -0.15) is 0 Å². The fourth-order valence-electron chi connectivity index (χ4n) is 5.72. The number of anilines is 1. The molecule has 2 heterocycles. The number of carbonyl (C=O) groups is 2. The number of fused-ring (bicyclic) bond motifs is 1. The molecule has 5 rings (SSSR count). The molecule has 0 unspecified atom stereocenters. The maximum absolute atomic E-state index is 15.1. The normalized spacial score (nSPS) is 17.3. The van der Waals surface area contributed by atoms with Crippen molar-refractivity contribution in [2.24, 2.45) is 0 Å². The van der Waals surface area contributed by atoms with Crippen molar-refractivity contribution < 1.29 is 14.0 Å². The van der Waals surface area contributed by atoms with Gasteiger partial charge in [0.1, 0.15) is 17.5 Å². The lowest BCUT2D eigenvalue weighted by molar-refractivity contribution is 0.0708. The second-order valence-electron chi connectivity index (χ2n) is 10.5. The number of halogens is 1. The summed E-state index contributed by atoms with van der Waals surface area (Å²) in [5, 5.41) is 3.06. The molecule has 38 heavy (non-hydrogen) atoms. The highest BCUT2D eigenvalue weighted by Gasteiger charge is 2.31. The summed E-state index contributed by atoms with van der Waals surface area (Å²) in [4.78, 5) is 39.3. The van der Waals surface area contributed by atoms with Gasteiger partial charge < -0.3 is 15.1 Å². The smallest absolute Gasteiger partial charge is 0.253 e. The molecule has 1 aliphatic heterocycles. The Morgan fingerprint density at radius 3 is 2.47 bits per heavy atom. The first-order valence-electron chi connectivity index (χ1n) is 13.2. The molecular formula is C30H34FN5O2. The van der Waals surface area contributed by atoms with E-state index in [2.05, 4.69) is 20.2 Å². The van der Waals surface area contributed by atoms with Crippen molar-refractivity contribution in [3.63, 3.8) is 0 Å². The molecule has 1 saturated heterocycles. The number of nitrogens with zero attached hydrogens (tertiary/aromatic N) is 4. The van der Waals surface area contributed by atoms with Crippen molar-refractivity contribution in [3.8, 4) is 0 Å². The molecule has 1 fully saturated rings. The predicted molar refractivity (Wildman–Crippen MR) is 145 cm³/mol. The number of aromatic nitrogens is 2. The van der Waals surface area contributed by atoms with Crippen LogP contribution in [-0.2, 0) is 6.42 Å². The van der Waals surface area contributed by atoms with E-state index in [1.54, 1.807) is 24.1 Å². The molecule has 1 aromatic heterocycles. The molecule has 2 aromatic carbocycles. The molecule has 3 aromatic rings. The Balaban J connectivity index is 1.28. The molecule has 0 bridgehead atoms. The Kier molecular flexibility index (Phi) is 7.15. The highest BCUT2D eigenvalue weighted by Crippen LogP contribution is 2.35. The van der Waals surface area contributed by atoms with Gasteiger partial charge in [0.05, 0.1) is 6.04 Å². The van der Waals surface area contributed by atoms with Crippen LogP contribution in [0.2, 0.25) is 0 Å². The molecule has 8 heteroatoms. The number of hydrogen-bond acceptors (Lipinski definition) is 5. The van der Waals surface area contributed by atoms with Crippen molar-refractivity contribution in [1.82, 2.24) is 20.2 Å². The summed E-state index contributed by atoms with van der Waals surface area (Å²) < 4.78 is 15.1. The summed E-state index contributed by atoms with van der Waals surface area (Å²) in [5.74, 6) is 0.908. The van der Waals surface area contributed by atoms with E-state index in [4.69, 9.17) is 0 Å². The molecular weight excluding hydrogens is 481 g/mol. The van der Waals surface area contributed by atoms with Crippen LogP contribution < -0.4 is 10.2 Å². The third kappa shape index (κ3) is 5.12. The van der Waals surface area contributed by atoms with Gasteiger partial charge in [0.15, 0.2) is 0 Å². The van der Waals surface area contributed by atoms with Crippen molar-refractivity contribution in [2.75, 3.05) is 25.0 Å². The van der Waals surface area contributed by atoms with Crippen LogP contribution >= 0.6 is 0 Å². The Morgan fingerprint density at radius 1 is 1.03 bits per heavy atom. The van der Waals surface area contributed by atoms with Gasteiger partial charge in [-0.1, -0.05) is 18.2 Å². The van der Waals surface area contributed by atoms with Crippen LogP contribution in [0.3, 0.4) is 0 Å². The van der Waals surface area contributed by atoms with Crippen molar-refractivity contribution in [1.29, 1.82) is 0 Å². The first-order chi connectivity index (χ1) is 18.2. The Bertz CT molecular complexity index is 1360. The van der Waals surface area contributed by atoms with E-state index < -0.39 is 0 Å². The number of piperidine rings is 1. The van der Waals surface area contributed by atoms with Crippen LogP contribution in [0.4, 0.5) is 10.2 Å². The minimum Gasteiger partial charge on any atom is -0.356 e. The first kappa shape index (κ1) is 25.8. The topological polar surface area (TPSA) is 78.4 Å². The summed E-state index contributed by atoms with van der Waals surface area (Å²) >= 11 is 0. The molecule has 1 atom stereocenters. The molecule has 0 radical (unpaired) electrons. The molecule has 1 N–H and O–H groups in total. The van der Waals surface area contributed by atoms with Crippen LogP contribution in [0, 0.1) is 26.6 Å². The molecule has 1 aliphatic carbocycles. The number of aryl methyl sites for hydroxylation is 3. The fourth-order valence-corrected chi connectivity index (χ4v) is 5.72. The van der Waals surface area contributed by atoms with E-state index in [9.17, 15) is 9.59 Å². The molecule has 0 saturated carbocycles. The third-order valence-corrected chi connectivity index (χ3v) is 7.84. The van der Waals surface area contributed by atoms with Gasteiger partial charge >= 0.3 is 0 Å². The third-order valence-electron chi connectivity index (χ3n) is 7.84. The van der Waals surface area contributed by atoms with E-state index in [0.29, 0.717) is 35.1 Å². The van der Waals surface area contributed by atoms with Gasteiger partial charge in [-0.05, 0) is 81.3 Å². The number of nitrogens with one attached hydrogen (secondary N) is 1. The van der Waals surface area contributed by atoms with Gasteiger partial charge in [0, 0.05) is 49.1 Å². The summed E-state index contributed by atoms with van der Waals surface area (Å²) in [5.41, 5.74) is 4.04. The highest BCUT2D eigenvalue weighted by molar-refractivity contribution is 5.96. The Morgan fingerprint density at radius 2 is 1.76 bits per heavy atom. The van der Waals surface area contributed by atoms with Crippen molar-refractivity contribution in [3.05, 3.63) is 87.6 Å². The Labute approximate surface area is 223 Å². The summed E-state index contributed by atoms with van der Waals surface area (Å²) in [6, 6.07) is 12.2. The Hall–Kier alpha value is -3.81. The van der Waals surface area contributed by atoms with Crippen LogP contribution in [0.25, 0.3) is 0 Å². The zero-order chi connectivity index (χ0) is 27.0. The number of carbonyl (C=O) groups excluding carboxylic acids is 2. The van der Waals surface area contributed by atoms with Crippen LogP contribution in [0.1, 0.15) is 74.2 Å². The minimum atomic E-state index is -0.379. The minimum absolute atomic E-state index is 0.0515. The number of amides is 2. The quantitative estimate of drug-likeness (QED) is 0.533. The molecule has 2 aliphatic rings. The van der Waals surface area contributed by atoms with E-state index >= 15 is 4.39 Å². The molecule has 0 spiro atoms. The number of benzene rings is 2. The van der Waals surface area contributed by atoms with Gasteiger partial charge in [0.25, 0.3) is 11.8 Å². The average Bonchev–Trinajstić information content (AvgIpc) is 3.30. The summed E-state index contributed by atoms with van der Waals surface area (Å²) in [6.45, 7) is 7.31. The fraction of sp³-hybridized carbons (Fsp3) is 0.400. The van der Waals surface area contributed by atoms with Crippen LogP contribution in [0.15, 0.2) is 42.5 Å². The van der Waals surface area contributed by atoms with Crippen molar-refractivity contribution >= 4 is 17.6 Å². The second kappa shape index (κ2) is 10.5. The van der Waals surface area contributed by atoms with Gasteiger partial charge in [-0.3, -0.25) is 9.59 Å². The van der Waals surface area contributed by atoms with Crippen LogP contribution in [-0.4, -0.2) is 52.9 Å². The van der Waals surface area contributed by atoms with Gasteiger partial charge in [-0.15, -0.1) is 0 Å². The van der Waals surface area contributed by atoms with Gasteiger partial charge in [-0.25, -0.2) is 14.4 Å². The lowest BCUT2D eigenvalue weighted by atomic mass is 9.99. The number of hydrogen-bond donors (Lipinski definition) is 1. The summed E-state index contributed by atoms with van der Waals surface area (Å²) in [7, 11) is 1.80. The zero-order valence-corrected chi connectivity index (χ0v) is 22.4. The number of rotatable bonds is 5. The standard InChI is InChI=1S/C30H34FN5O2/c1-18-7-5-6-8-23(18)29(37)34-27-10-9-24-25(27)16-21(17-26(24)31)30(38)35(4)22-11-13-36(14-12-22)28-15-19(2)32-20(3)33-28/h5-8,15-17,22,27H,9-14H2,1-4H3,(H,34,37)/t27-/m1/s1. The van der Waals surface area contributed by atoms with Crippen molar-refractivity contribution in [2.45, 2.75) is 58.5 Å². The van der Waals surface area contributed by atoms with E-state index in [1.165, 1.54) is 6.07 Å². The molecule has 2 amide bonds. The van der Waals surface area contributed by atoms with E-state index in [1.807, 2.05) is 45.0 Å². The second-order valence-corrected chi connectivity index (χ2v) is 10.5. The summed E-state index contributed by atoms with van der Waals surface area (Å²) in [6.07, 6.45) is 2.74. The lowest BCUT2D eigenvalue weighted by Gasteiger charge is -2.37. The maximum Gasteiger partial charge on any atom is 0.253 e. The largest absolute Gasteiger partial charge is 0.356 e. The maximum atomic E-state index is 15.1. The van der Waals surface area contributed by atoms with Crippen LogP contribution in [0.5, 0.6) is 0 Å². The van der Waals surface area contributed by atoms with Gasteiger partial charge in [0.2, 0.25) is 0 Å². The SMILES string of the molecule is Cc1cc(N2CCC(N(C)C(=O)c3cc(F)c4c(c3)[C@H](NC(=O)c3ccccc3C)CC4)CC2)nc(C)n1. The lowest BCUT2D eigenvalue weighted by Crippen LogP contribution is -2.46. The predicted octanol–water partition coefficient (Wildman–Crippen LogP) is 4.70. The first-order valence-corrected chi connectivity index (χ1v) is 13.2. The zero-order valence-electron chi connectivity index (χ0n) is 22.4. The molecule has 198 valence electrons. The molecule has 7 nitrogen and oxygen atoms in total. The highest BCUT2D eigenvalue weighted by atomic mass is 19.1. The van der Waals surface area contributed by atoms with E-state index in [-0.39, 0.29) is 29.7 Å². The monoisotopic (exact) mass is 515 g/mol. The van der Waals surface area contributed by atoms with E-state index in [0.717, 1.165) is 48.8 Å².